The van der Waals surface area contributed by atoms with Gasteiger partial charge in [0.15, 0.2) is 0 Å². The van der Waals surface area contributed by atoms with Crippen LogP contribution in [-0.4, -0.2) is 46.7 Å². The summed E-state index contributed by atoms with van der Waals surface area (Å²) in [5, 5.41) is 5.62. The molecule has 2 aromatic carbocycles. The van der Waals surface area contributed by atoms with Crippen LogP contribution in [0.15, 0.2) is 55.1 Å². The minimum atomic E-state index is -1.01. The fraction of sp³-hybridized carbons (Fsp3) is 0.393. The number of amides is 3. The van der Waals surface area contributed by atoms with Gasteiger partial charge >= 0.3 is 6.09 Å². The van der Waals surface area contributed by atoms with Crippen LogP contribution in [-0.2, 0) is 14.3 Å². The highest BCUT2D eigenvalue weighted by Crippen LogP contribution is 2.28. The summed E-state index contributed by atoms with van der Waals surface area (Å²) >= 11 is 4.29. The van der Waals surface area contributed by atoms with Crippen LogP contribution in [0.4, 0.5) is 10.5 Å². The zero-order chi connectivity index (χ0) is 27.0. The molecular weight excluding hydrogens is 474 g/mol. The Morgan fingerprint density at radius 1 is 1.03 bits per heavy atom. The summed E-state index contributed by atoms with van der Waals surface area (Å²) in [4.78, 5) is 41.4. The van der Waals surface area contributed by atoms with Crippen LogP contribution < -0.4 is 10.6 Å². The molecule has 0 bridgehead atoms. The SMILES string of the molecule is C=CCN(C(=O)C(CS)NC(=O)OC(C)(C)C)C(C(=O)Nc1c(C)cccc1C)c1ccccc1C. The maximum atomic E-state index is 13.8. The molecule has 0 aliphatic rings. The van der Waals surface area contributed by atoms with Gasteiger partial charge in [-0.2, -0.15) is 12.6 Å². The van der Waals surface area contributed by atoms with Gasteiger partial charge in [0.05, 0.1) is 0 Å². The molecule has 2 atom stereocenters. The Kier molecular flexibility index (Phi) is 10.2. The molecule has 0 radical (unpaired) electrons. The van der Waals surface area contributed by atoms with E-state index in [0.29, 0.717) is 11.3 Å². The second kappa shape index (κ2) is 12.6. The molecule has 0 aliphatic carbocycles. The zero-order valence-corrected chi connectivity index (χ0v) is 22.8. The van der Waals surface area contributed by atoms with E-state index in [1.165, 1.54) is 4.90 Å². The number of anilines is 1. The van der Waals surface area contributed by atoms with Crippen LogP contribution in [0.1, 0.15) is 49.1 Å². The van der Waals surface area contributed by atoms with Gasteiger partial charge in [0, 0.05) is 18.0 Å². The summed E-state index contributed by atoms with van der Waals surface area (Å²) in [6, 6.07) is 11.2. The number of benzene rings is 2. The first-order valence-corrected chi connectivity index (χ1v) is 12.5. The molecule has 2 N–H and O–H groups in total. The van der Waals surface area contributed by atoms with Gasteiger partial charge in [-0.05, 0) is 63.8 Å². The molecular formula is C28H37N3O4S. The number of carbonyl (C=O) groups excluding carboxylic acids is 3. The summed E-state index contributed by atoms with van der Waals surface area (Å²) in [6.45, 7) is 14.8. The van der Waals surface area contributed by atoms with Crippen LogP contribution in [0.25, 0.3) is 0 Å². The van der Waals surface area contributed by atoms with E-state index in [1.807, 2.05) is 63.2 Å². The Balaban J connectivity index is 2.50. The molecule has 194 valence electrons. The summed E-state index contributed by atoms with van der Waals surface area (Å²) < 4.78 is 5.32. The molecule has 2 aromatic rings. The van der Waals surface area contributed by atoms with Gasteiger partial charge in [0.2, 0.25) is 5.91 Å². The fourth-order valence-corrected chi connectivity index (χ4v) is 4.09. The van der Waals surface area contributed by atoms with Crippen molar-refractivity contribution in [2.75, 3.05) is 17.6 Å². The van der Waals surface area contributed by atoms with E-state index in [-0.39, 0.29) is 18.2 Å². The minimum absolute atomic E-state index is 0.0186. The number of carbonyl (C=O) groups is 3. The van der Waals surface area contributed by atoms with Crippen molar-refractivity contribution in [2.24, 2.45) is 0 Å². The highest BCUT2D eigenvalue weighted by molar-refractivity contribution is 7.80. The lowest BCUT2D eigenvalue weighted by Crippen LogP contribution is -2.53. The summed E-state index contributed by atoms with van der Waals surface area (Å²) in [5.74, 6) is -0.821. The molecule has 8 heteroatoms. The molecule has 0 fully saturated rings. The van der Waals surface area contributed by atoms with E-state index in [1.54, 1.807) is 26.8 Å². The second-order valence-electron chi connectivity index (χ2n) is 9.68. The van der Waals surface area contributed by atoms with Crippen molar-refractivity contribution in [3.8, 4) is 0 Å². The maximum Gasteiger partial charge on any atom is 0.408 e. The maximum absolute atomic E-state index is 13.8. The van der Waals surface area contributed by atoms with Gasteiger partial charge in [0.25, 0.3) is 5.91 Å². The van der Waals surface area contributed by atoms with Gasteiger partial charge in [-0.15, -0.1) is 6.58 Å². The van der Waals surface area contributed by atoms with E-state index in [0.717, 1.165) is 16.7 Å². The topological polar surface area (TPSA) is 87.7 Å². The molecule has 0 aliphatic heterocycles. The Morgan fingerprint density at radius 3 is 2.14 bits per heavy atom. The number of ether oxygens (including phenoxy) is 1. The van der Waals surface area contributed by atoms with Crippen molar-refractivity contribution < 1.29 is 19.1 Å². The van der Waals surface area contributed by atoms with Crippen molar-refractivity contribution >= 4 is 36.2 Å². The van der Waals surface area contributed by atoms with Crippen molar-refractivity contribution in [3.63, 3.8) is 0 Å². The number of hydrogen-bond acceptors (Lipinski definition) is 5. The van der Waals surface area contributed by atoms with Crippen molar-refractivity contribution in [1.29, 1.82) is 0 Å². The molecule has 0 spiro atoms. The van der Waals surface area contributed by atoms with E-state index < -0.39 is 29.7 Å². The predicted molar refractivity (Wildman–Crippen MR) is 147 cm³/mol. The first-order valence-electron chi connectivity index (χ1n) is 11.8. The molecule has 3 amide bonds. The van der Waals surface area contributed by atoms with Crippen molar-refractivity contribution in [3.05, 3.63) is 77.4 Å². The number of hydrogen-bond donors (Lipinski definition) is 3. The third kappa shape index (κ3) is 7.62. The number of nitrogens with zero attached hydrogens (tertiary/aromatic N) is 1. The molecule has 7 nitrogen and oxygen atoms in total. The first kappa shape index (κ1) is 29.0. The van der Waals surface area contributed by atoms with Gasteiger partial charge in [0.1, 0.15) is 17.7 Å². The summed E-state index contributed by atoms with van der Waals surface area (Å²) in [7, 11) is 0. The molecule has 36 heavy (non-hydrogen) atoms. The smallest absolute Gasteiger partial charge is 0.408 e. The molecule has 0 saturated carbocycles. The molecule has 2 unspecified atom stereocenters. The molecule has 0 saturated heterocycles. The molecule has 2 rings (SSSR count). The number of para-hydroxylation sites is 1. The molecule has 0 aromatic heterocycles. The van der Waals surface area contributed by atoms with Gasteiger partial charge in [-0.25, -0.2) is 4.79 Å². The highest BCUT2D eigenvalue weighted by Gasteiger charge is 2.36. The third-order valence-corrected chi connectivity index (χ3v) is 5.92. The number of thiol groups is 1. The van der Waals surface area contributed by atoms with Crippen molar-refractivity contribution in [1.82, 2.24) is 10.2 Å². The standard InChI is InChI=1S/C28H37N3O4S/c1-8-16-31(26(33)22(17-36)29-27(34)35-28(5,6)7)24(21-15-10-9-12-18(21)2)25(32)30-23-19(3)13-11-14-20(23)4/h8-15,22,24,36H,1,16-17H2,2-7H3,(H,29,34)(H,30,32). The normalized spacial score (nSPS) is 12.8. The number of aryl methyl sites for hydroxylation is 3. The Bertz CT molecular complexity index is 1090. The highest BCUT2D eigenvalue weighted by atomic mass is 32.1. The lowest BCUT2D eigenvalue weighted by Gasteiger charge is -2.34. The average Bonchev–Trinajstić information content (AvgIpc) is 2.79. The third-order valence-electron chi connectivity index (χ3n) is 5.55. The lowest BCUT2D eigenvalue weighted by atomic mass is 9.97. The Labute approximate surface area is 219 Å². The fourth-order valence-electron chi connectivity index (χ4n) is 3.84. The van der Waals surface area contributed by atoms with E-state index >= 15 is 0 Å². The zero-order valence-electron chi connectivity index (χ0n) is 21.9. The van der Waals surface area contributed by atoms with Crippen LogP contribution in [0.2, 0.25) is 0 Å². The van der Waals surface area contributed by atoms with Gasteiger partial charge in [-0.1, -0.05) is 48.5 Å². The second-order valence-corrected chi connectivity index (χ2v) is 10.0. The van der Waals surface area contributed by atoms with E-state index in [2.05, 4.69) is 29.8 Å². The van der Waals surface area contributed by atoms with Gasteiger partial charge < -0.3 is 20.3 Å². The summed E-state index contributed by atoms with van der Waals surface area (Å²) in [5.41, 5.74) is 3.31. The largest absolute Gasteiger partial charge is 0.444 e. The quantitative estimate of drug-likeness (QED) is 0.322. The lowest BCUT2D eigenvalue weighted by molar-refractivity contribution is -0.139. The van der Waals surface area contributed by atoms with Gasteiger partial charge in [-0.3, -0.25) is 9.59 Å². The predicted octanol–water partition coefficient (Wildman–Crippen LogP) is 5.13. The van der Waals surface area contributed by atoms with Crippen LogP contribution in [0.3, 0.4) is 0 Å². The van der Waals surface area contributed by atoms with Crippen LogP contribution in [0, 0.1) is 20.8 Å². The summed E-state index contributed by atoms with van der Waals surface area (Å²) in [6.07, 6.45) is 0.819. The van der Waals surface area contributed by atoms with E-state index in [4.69, 9.17) is 4.74 Å². The van der Waals surface area contributed by atoms with Crippen molar-refractivity contribution in [2.45, 2.75) is 59.2 Å². The number of rotatable bonds is 9. The monoisotopic (exact) mass is 511 g/mol. The average molecular weight is 512 g/mol. The van der Waals surface area contributed by atoms with E-state index in [9.17, 15) is 14.4 Å². The Hall–Kier alpha value is -3.26. The molecule has 0 heterocycles. The number of nitrogens with one attached hydrogen (secondary N) is 2. The van der Waals surface area contributed by atoms with Crippen LogP contribution >= 0.6 is 12.6 Å². The number of alkyl carbamates (subject to hydrolysis) is 1. The van der Waals surface area contributed by atoms with Crippen LogP contribution in [0.5, 0.6) is 0 Å². The first-order chi connectivity index (χ1) is 16.9. The Morgan fingerprint density at radius 2 is 1.61 bits per heavy atom. The minimum Gasteiger partial charge on any atom is -0.444 e.